The van der Waals surface area contributed by atoms with Crippen LogP contribution in [0, 0.1) is 18.8 Å². The van der Waals surface area contributed by atoms with Crippen LogP contribution in [-0.2, 0) is 11.3 Å². The molecule has 1 amide bonds. The first kappa shape index (κ1) is 12.3. The summed E-state index contributed by atoms with van der Waals surface area (Å²) in [5.41, 5.74) is 6.93. The largest absolute Gasteiger partial charge is 0.344 e. The number of nitrogens with two attached hydrogens (primary N) is 1. The van der Waals surface area contributed by atoms with Gasteiger partial charge < -0.3 is 11.1 Å². The lowest BCUT2D eigenvalue weighted by Gasteiger charge is -1.94. The Morgan fingerprint density at radius 1 is 1.69 bits per heavy atom. The van der Waals surface area contributed by atoms with Crippen molar-refractivity contribution in [3.63, 3.8) is 0 Å². The van der Waals surface area contributed by atoms with Gasteiger partial charge in [0.1, 0.15) is 0 Å². The van der Waals surface area contributed by atoms with Crippen molar-refractivity contribution in [2.24, 2.45) is 5.73 Å². The molecule has 0 radical (unpaired) electrons. The van der Waals surface area contributed by atoms with Crippen molar-refractivity contribution in [3.05, 3.63) is 17.5 Å². The summed E-state index contributed by atoms with van der Waals surface area (Å²) in [6, 6.07) is 0. The van der Waals surface area contributed by atoms with E-state index in [4.69, 9.17) is 5.73 Å². The number of hydrogen-bond acceptors (Lipinski definition) is 3. The van der Waals surface area contributed by atoms with Gasteiger partial charge in [0.25, 0.3) is 0 Å². The lowest BCUT2D eigenvalue weighted by molar-refractivity contribution is -0.119. The van der Waals surface area contributed by atoms with E-state index in [2.05, 4.69) is 22.3 Å². The van der Waals surface area contributed by atoms with Crippen LogP contribution in [0.1, 0.15) is 18.2 Å². The Morgan fingerprint density at radius 3 is 3.00 bits per heavy atom. The molecule has 1 aromatic heterocycles. The van der Waals surface area contributed by atoms with Gasteiger partial charge in [-0.1, -0.05) is 11.8 Å². The van der Waals surface area contributed by atoms with Crippen LogP contribution < -0.4 is 11.1 Å². The second-order valence-electron chi connectivity index (χ2n) is 3.27. The van der Waals surface area contributed by atoms with Gasteiger partial charge in [-0.05, 0) is 13.8 Å². The normalized spacial score (nSPS) is 9.44. The zero-order valence-electron chi connectivity index (χ0n) is 9.58. The van der Waals surface area contributed by atoms with Crippen molar-refractivity contribution in [2.45, 2.75) is 20.4 Å². The number of carbonyl (C=O) groups excluding carboxylic acids is 1. The predicted molar refractivity (Wildman–Crippen MR) is 61.6 cm³/mol. The van der Waals surface area contributed by atoms with E-state index in [1.165, 1.54) is 0 Å². The first-order valence-electron chi connectivity index (χ1n) is 5.17. The van der Waals surface area contributed by atoms with Gasteiger partial charge in [0.2, 0.25) is 5.91 Å². The molecule has 1 heterocycles. The fourth-order valence-electron chi connectivity index (χ4n) is 1.16. The molecule has 5 nitrogen and oxygen atoms in total. The summed E-state index contributed by atoms with van der Waals surface area (Å²) in [7, 11) is 0. The van der Waals surface area contributed by atoms with E-state index in [9.17, 15) is 4.79 Å². The van der Waals surface area contributed by atoms with E-state index in [1.807, 2.05) is 24.7 Å². The van der Waals surface area contributed by atoms with Crippen LogP contribution in [0.25, 0.3) is 0 Å². The average molecular weight is 220 g/mol. The number of nitrogens with zero attached hydrogens (tertiary/aromatic N) is 2. The van der Waals surface area contributed by atoms with Crippen LogP contribution in [0.5, 0.6) is 0 Å². The van der Waals surface area contributed by atoms with Gasteiger partial charge in [-0.15, -0.1) is 0 Å². The Hall–Kier alpha value is -1.80. The molecule has 0 atom stereocenters. The molecule has 0 aliphatic carbocycles. The third-order valence-electron chi connectivity index (χ3n) is 2.05. The minimum atomic E-state index is -0.199. The highest BCUT2D eigenvalue weighted by Gasteiger charge is 1.99. The molecular formula is C11H16N4O. The molecule has 0 aliphatic heterocycles. The first-order valence-corrected chi connectivity index (χ1v) is 5.17. The summed E-state index contributed by atoms with van der Waals surface area (Å²) >= 11 is 0. The van der Waals surface area contributed by atoms with Gasteiger partial charge in [0.15, 0.2) is 0 Å². The Bertz CT molecular complexity index is 425. The highest BCUT2D eigenvalue weighted by Crippen LogP contribution is 2.02. The van der Waals surface area contributed by atoms with Gasteiger partial charge in [-0.3, -0.25) is 9.48 Å². The van der Waals surface area contributed by atoms with Crippen LogP contribution in [-0.4, -0.2) is 28.8 Å². The number of nitrogens with one attached hydrogen (secondary N) is 1. The molecule has 0 saturated carbocycles. The SMILES string of the molecule is CCn1cc(C#CCNC(=O)CN)c(C)n1. The molecule has 1 aromatic rings. The summed E-state index contributed by atoms with van der Waals surface area (Å²) in [6.45, 7) is 5.06. The van der Waals surface area contributed by atoms with Crippen LogP contribution in [0.4, 0.5) is 0 Å². The first-order chi connectivity index (χ1) is 7.67. The van der Waals surface area contributed by atoms with Crippen molar-refractivity contribution in [1.29, 1.82) is 0 Å². The van der Waals surface area contributed by atoms with E-state index in [1.54, 1.807) is 0 Å². The van der Waals surface area contributed by atoms with Crippen LogP contribution in [0.3, 0.4) is 0 Å². The van der Waals surface area contributed by atoms with Crippen molar-refractivity contribution >= 4 is 5.91 Å². The number of amides is 1. The fourth-order valence-corrected chi connectivity index (χ4v) is 1.16. The predicted octanol–water partition coefficient (Wildman–Crippen LogP) is -0.362. The minimum Gasteiger partial charge on any atom is -0.344 e. The number of aromatic nitrogens is 2. The van der Waals surface area contributed by atoms with E-state index < -0.39 is 0 Å². The molecule has 16 heavy (non-hydrogen) atoms. The highest BCUT2D eigenvalue weighted by atomic mass is 16.1. The third kappa shape index (κ3) is 3.41. The molecule has 0 fully saturated rings. The Labute approximate surface area is 95.0 Å². The van der Waals surface area contributed by atoms with Gasteiger partial charge in [-0.25, -0.2) is 0 Å². The molecule has 3 N–H and O–H groups in total. The van der Waals surface area contributed by atoms with Gasteiger partial charge in [0.05, 0.1) is 24.3 Å². The van der Waals surface area contributed by atoms with E-state index in [0.717, 1.165) is 17.8 Å². The lowest BCUT2D eigenvalue weighted by Crippen LogP contribution is -2.30. The molecular weight excluding hydrogens is 204 g/mol. The monoisotopic (exact) mass is 220 g/mol. The molecule has 0 aliphatic rings. The summed E-state index contributed by atoms with van der Waals surface area (Å²) in [6.07, 6.45) is 1.90. The van der Waals surface area contributed by atoms with E-state index >= 15 is 0 Å². The minimum absolute atomic E-state index is 0.00548. The Kier molecular flexibility index (Phi) is 4.55. The topological polar surface area (TPSA) is 72.9 Å². The van der Waals surface area contributed by atoms with Crippen LogP contribution in [0.2, 0.25) is 0 Å². The van der Waals surface area contributed by atoms with E-state index in [-0.39, 0.29) is 12.5 Å². The molecule has 0 saturated heterocycles. The van der Waals surface area contributed by atoms with Gasteiger partial charge in [0, 0.05) is 12.7 Å². The van der Waals surface area contributed by atoms with Gasteiger partial charge >= 0.3 is 0 Å². The second kappa shape index (κ2) is 5.93. The van der Waals surface area contributed by atoms with Crippen molar-refractivity contribution in [2.75, 3.05) is 13.1 Å². The molecule has 0 bridgehead atoms. The molecule has 1 rings (SSSR count). The molecule has 86 valence electrons. The van der Waals surface area contributed by atoms with Crippen LogP contribution in [0.15, 0.2) is 6.20 Å². The summed E-state index contributed by atoms with van der Waals surface area (Å²) in [5, 5.41) is 6.84. The number of hydrogen-bond donors (Lipinski definition) is 2. The van der Waals surface area contributed by atoms with Crippen molar-refractivity contribution in [1.82, 2.24) is 15.1 Å². The molecule has 5 heteroatoms. The maximum atomic E-state index is 10.8. The maximum absolute atomic E-state index is 10.8. The Balaban J connectivity index is 2.55. The lowest BCUT2D eigenvalue weighted by atomic mass is 10.3. The number of aryl methyl sites for hydroxylation is 2. The Morgan fingerprint density at radius 2 is 2.44 bits per heavy atom. The smallest absolute Gasteiger partial charge is 0.234 e. The fraction of sp³-hybridized carbons (Fsp3) is 0.455. The van der Waals surface area contributed by atoms with E-state index in [0.29, 0.717) is 6.54 Å². The van der Waals surface area contributed by atoms with Gasteiger partial charge in [-0.2, -0.15) is 5.10 Å². The number of carbonyl (C=O) groups is 1. The maximum Gasteiger partial charge on any atom is 0.234 e. The zero-order valence-corrected chi connectivity index (χ0v) is 9.58. The summed E-state index contributed by atoms with van der Waals surface area (Å²) in [5.74, 6) is 5.61. The number of rotatable bonds is 3. The molecule has 0 spiro atoms. The molecule has 0 aromatic carbocycles. The second-order valence-corrected chi connectivity index (χ2v) is 3.27. The van der Waals surface area contributed by atoms with Crippen molar-refractivity contribution < 1.29 is 4.79 Å². The zero-order chi connectivity index (χ0) is 12.0. The third-order valence-corrected chi connectivity index (χ3v) is 2.05. The quantitative estimate of drug-likeness (QED) is 0.683. The standard InChI is InChI=1S/C11H16N4O/c1-3-15-8-10(9(2)14-15)5-4-6-13-11(16)7-12/h8H,3,6-7,12H2,1-2H3,(H,13,16). The van der Waals surface area contributed by atoms with Crippen LogP contribution >= 0.6 is 0 Å². The molecule has 0 unspecified atom stereocenters. The highest BCUT2D eigenvalue weighted by molar-refractivity contribution is 5.77. The average Bonchev–Trinajstić information content (AvgIpc) is 2.65. The van der Waals surface area contributed by atoms with Crippen molar-refractivity contribution in [3.8, 4) is 11.8 Å². The summed E-state index contributed by atoms with van der Waals surface area (Å²) in [4.78, 5) is 10.8. The summed E-state index contributed by atoms with van der Waals surface area (Å²) < 4.78 is 1.83.